The van der Waals surface area contributed by atoms with Gasteiger partial charge in [0.15, 0.2) is 0 Å². The lowest BCUT2D eigenvalue weighted by atomic mass is 9.67. The van der Waals surface area contributed by atoms with Crippen LogP contribution in [-0.2, 0) is 4.74 Å². The van der Waals surface area contributed by atoms with E-state index in [1.54, 1.807) is 25.7 Å². The molecule has 0 amide bonds. The number of rotatable bonds is 10. The van der Waals surface area contributed by atoms with Crippen molar-refractivity contribution in [3.05, 3.63) is 0 Å². The molecule has 0 aromatic heterocycles. The van der Waals surface area contributed by atoms with Gasteiger partial charge in [-0.05, 0) is 49.4 Å². The predicted octanol–water partition coefficient (Wildman–Crippen LogP) is 8.70. The molecule has 28 heavy (non-hydrogen) atoms. The Kier molecular flexibility index (Phi) is 9.68. The minimum Gasteiger partial charge on any atom is -0.378 e. The number of unbranched alkanes of at least 4 members (excludes halogenated alkanes) is 3. The Morgan fingerprint density at radius 1 is 0.643 bits per heavy atom. The molecule has 0 spiro atoms. The first-order valence-electron chi connectivity index (χ1n) is 13.3. The molecular weight excluding hydrogens is 340 g/mol. The molecule has 0 radical (unpaired) electrons. The van der Waals surface area contributed by atoms with Crippen molar-refractivity contribution in [3.63, 3.8) is 0 Å². The van der Waals surface area contributed by atoms with E-state index < -0.39 is 0 Å². The van der Waals surface area contributed by atoms with Gasteiger partial charge in [-0.3, -0.25) is 0 Å². The van der Waals surface area contributed by atoms with Gasteiger partial charge in [-0.1, -0.05) is 110 Å². The summed E-state index contributed by atoms with van der Waals surface area (Å²) in [7, 11) is 2.00. The molecule has 0 N–H and O–H groups in total. The van der Waals surface area contributed by atoms with Gasteiger partial charge in [-0.25, -0.2) is 0 Å². The van der Waals surface area contributed by atoms with Crippen LogP contribution in [0.1, 0.15) is 135 Å². The highest BCUT2D eigenvalue weighted by Gasteiger charge is 2.41. The highest BCUT2D eigenvalue weighted by atomic mass is 16.5. The molecule has 0 aliphatic heterocycles. The first kappa shape index (κ1) is 22.6. The standard InChI is InChI=1S/C27H50O/c1-3-4-5-7-10-23-11-13-24(14-12-23)15-16-25-17-19-26(20-18-25)27(28-2)21-8-6-9-22-27/h23-26H,3-22H2,1-2H3/t23-,24-,25-,26-. The van der Waals surface area contributed by atoms with Crippen LogP contribution in [0.3, 0.4) is 0 Å². The number of hydrogen-bond donors (Lipinski definition) is 0. The van der Waals surface area contributed by atoms with Crippen LogP contribution in [0.2, 0.25) is 0 Å². The van der Waals surface area contributed by atoms with E-state index in [0.717, 1.165) is 23.7 Å². The molecule has 3 saturated carbocycles. The van der Waals surface area contributed by atoms with E-state index in [0.29, 0.717) is 0 Å². The van der Waals surface area contributed by atoms with Crippen molar-refractivity contribution in [2.24, 2.45) is 23.7 Å². The molecule has 0 atom stereocenters. The van der Waals surface area contributed by atoms with E-state index in [2.05, 4.69) is 6.92 Å². The van der Waals surface area contributed by atoms with Crippen molar-refractivity contribution in [1.29, 1.82) is 0 Å². The van der Waals surface area contributed by atoms with Gasteiger partial charge in [-0.15, -0.1) is 0 Å². The molecule has 3 aliphatic carbocycles. The zero-order valence-electron chi connectivity index (χ0n) is 19.4. The topological polar surface area (TPSA) is 9.23 Å². The monoisotopic (exact) mass is 390 g/mol. The third-order valence-electron chi connectivity index (χ3n) is 9.11. The van der Waals surface area contributed by atoms with E-state index in [-0.39, 0.29) is 5.60 Å². The quantitative estimate of drug-likeness (QED) is 0.339. The number of methoxy groups -OCH3 is 1. The van der Waals surface area contributed by atoms with Gasteiger partial charge in [0.05, 0.1) is 5.60 Å². The van der Waals surface area contributed by atoms with Crippen LogP contribution in [0.4, 0.5) is 0 Å². The van der Waals surface area contributed by atoms with E-state index in [1.807, 2.05) is 7.11 Å². The van der Waals surface area contributed by atoms with Gasteiger partial charge in [0.2, 0.25) is 0 Å². The third kappa shape index (κ3) is 6.48. The molecule has 0 heterocycles. The second kappa shape index (κ2) is 12.0. The van der Waals surface area contributed by atoms with Crippen LogP contribution in [0, 0.1) is 23.7 Å². The fraction of sp³-hybridized carbons (Fsp3) is 1.00. The van der Waals surface area contributed by atoms with Gasteiger partial charge in [0.1, 0.15) is 0 Å². The Morgan fingerprint density at radius 2 is 1.18 bits per heavy atom. The second-order valence-electron chi connectivity index (χ2n) is 10.9. The summed E-state index contributed by atoms with van der Waals surface area (Å²) in [6.45, 7) is 2.32. The molecule has 0 aromatic carbocycles. The maximum absolute atomic E-state index is 6.16. The Hall–Kier alpha value is -0.0400. The average Bonchev–Trinajstić information content (AvgIpc) is 2.77. The molecule has 3 aliphatic rings. The Morgan fingerprint density at radius 3 is 1.71 bits per heavy atom. The first-order chi connectivity index (χ1) is 13.8. The minimum atomic E-state index is 0.263. The first-order valence-corrected chi connectivity index (χ1v) is 13.3. The minimum absolute atomic E-state index is 0.263. The maximum atomic E-state index is 6.16. The van der Waals surface area contributed by atoms with Crippen LogP contribution >= 0.6 is 0 Å². The summed E-state index contributed by atoms with van der Waals surface area (Å²) in [5, 5.41) is 0. The normalized spacial score (nSPS) is 33.6. The van der Waals surface area contributed by atoms with Crippen molar-refractivity contribution in [3.8, 4) is 0 Å². The Balaban J connectivity index is 1.29. The molecule has 164 valence electrons. The van der Waals surface area contributed by atoms with Crippen LogP contribution < -0.4 is 0 Å². The summed E-state index contributed by atoms with van der Waals surface area (Å²) in [5.74, 6) is 4.02. The summed E-state index contributed by atoms with van der Waals surface area (Å²) in [6.07, 6.45) is 29.3. The molecule has 3 rings (SSSR count). The van der Waals surface area contributed by atoms with Crippen LogP contribution in [0.5, 0.6) is 0 Å². The predicted molar refractivity (Wildman–Crippen MR) is 122 cm³/mol. The van der Waals surface area contributed by atoms with Crippen LogP contribution in [0.25, 0.3) is 0 Å². The summed E-state index contributed by atoms with van der Waals surface area (Å²) in [6, 6.07) is 0. The van der Waals surface area contributed by atoms with Crippen molar-refractivity contribution in [2.75, 3.05) is 7.11 Å². The lowest BCUT2D eigenvalue weighted by molar-refractivity contribution is -0.0972. The summed E-state index contributed by atoms with van der Waals surface area (Å²) >= 11 is 0. The summed E-state index contributed by atoms with van der Waals surface area (Å²) in [4.78, 5) is 0. The van der Waals surface area contributed by atoms with E-state index in [1.165, 1.54) is 103 Å². The fourth-order valence-electron chi connectivity index (χ4n) is 7.05. The van der Waals surface area contributed by atoms with Gasteiger partial charge >= 0.3 is 0 Å². The van der Waals surface area contributed by atoms with Crippen molar-refractivity contribution in [1.82, 2.24) is 0 Å². The fourth-order valence-corrected chi connectivity index (χ4v) is 7.05. The molecular formula is C27H50O. The van der Waals surface area contributed by atoms with Gasteiger partial charge in [0, 0.05) is 7.11 Å². The molecule has 3 fully saturated rings. The summed E-state index contributed by atoms with van der Waals surface area (Å²) < 4.78 is 6.16. The smallest absolute Gasteiger partial charge is 0.0706 e. The van der Waals surface area contributed by atoms with Crippen molar-refractivity contribution < 1.29 is 4.74 Å². The summed E-state index contributed by atoms with van der Waals surface area (Å²) in [5.41, 5.74) is 0.263. The molecule has 0 saturated heterocycles. The van der Waals surface area contributed by atoms with E-state index in [4.69, 9.17) is 4.74 Å². The molecule has 1 heteroatoms. The molecule has 1 nitrogen and oxygen atoms in total. The van der Waals surface area contributed by atoms with Gasteiger partial charge in [0.25, 0.3) is 0 Å². The zero-order chi connectivity index (χ0) is 19.7. The Labute approximate surface area is 176 Å². The van der Waals surface area contributed by atoms with Gasteiger partial charge < -0.3 is 4.74 Å². The van der Waals surface area contributed by atoms with Crippen molar-refractivity contribution in [2.45, 2.75) is 141 Å². The lowest BCUT2D eigenvalue weighted by Gasteiger charge is -2.45. The average molecular weight is 391 g/mol. The third-order valence-corrected chi connectivity index (χ3v) is 9.11. The maximum Gasteiger partial charge on any atom is 0.0706 e. The van der Waals surface area contributed by atoms with Gasteiger partial charge in [-0.2, -0.15) is 0 Å². The highest BCUT2D eigenvalue weighted by molar-refractivity contribution is 4.93. The molecule has 0 bridgehead atoms. The number of hydrogen-bond acceptors (Lipinski definition) is 1. The highest BCUT2D eigenvalue weighted by Crippen LogP contribution is 2.46. The SMILES string of the molecule is CCCCCC[C@H]1CC[C@H](CC[C@H]2CC[C@H](C3(OC)CCCCC3)CC2)CC1. The van der Waals surface area contributed by atoms with E-state index in [9.17, 15) is 0 Å². The molecule has 0 aromatic rings. The molecule has 0 unspecified atom stereocenters. The second-order valence-corrected chi connectivity index (χ2v) is 10.9. The largest absolute Gasteiger partial charge is 0.378 e. The van der Waals surface area contributed by atoms with Crippen LogP contribution in [-0.4, -0.2) is 12.7 Å². The zero-order valence-corrected chi connectivity index (χ0v) is 19.4. The van der Waals surface area contributed by atoms with Crippen LogP contribution in [0.15, 0.2) is 0 Å². The lowest BCUT2D eigenvalue weighted by Crippen LogP contribution is -2.43. The number of ether oxygens (including phenoxy) is 1. The van der Waals surface area contributed by atoms with Crippen molar-refractivity contribution >= 4 is 0 Å². The Bertz CT molecular complexity index is 394. The van der Waals surface area contributed by atoms with E-state index >= 15 is 0 Å².